The molecule has 24 heavy (non-hydrogen) atoms. The highest BCUT2D eigenvalue weighted by Gasteiger charge is 2.18. The Bertz CT molecular complexity index is 936. The van der Waals surface area contributed by atoms with Crippen LogP contribution in [0.5, 0.6) is 0 Å². The Hall–Kier alpha value is -2.68. The van der Waals surface area contributed by atoms with Crippen LogP contribution in [0.4, 0.5) is 0 Å². The molecule has 0 fully saturated rings. The van der Waals surface area contributed by atoms with Crippen molar-refractivity contribution >= 4 is 16.9 Å². The summed E-state index contributed by atoms with van der Waals surface area (Å²) in [5.41, 5.74) is 4.79. The van der Waals surface area contributed by atoms with Gasteiger partial charge >= 0.3 is 5.97 Å². The van der Waals surface area contributed by atoms with Crippen LogP contribution < -0.4 is 0 Å². The number of rotatable bonds is 2. The SMILES string of the molecule is Cc1ccccc1-c1cc(C(=O)O)c2cc(C(C)(C)C)ccc2n1. The number of benzene rings is 2. The molecule has 3 aromatic rings. The standard InChI is InChI=1S/C21H21NO2/c1-13-7-5-6-8-15(13)19-12-17(20(23)24)16-11-14(21(2,3)4)9-10-18(16)22-19/h5-12H,1-4H3,(H,23,24). The number of carboxylic acids is 1. The van der Waals surface area contributed by atoms with Crippen LogP contribution in [-0.4, -0.2) is 16.1 Å². The molecule has 0 saturated heterocycles. The van der Waals surface area contributed by atoms with Gasteiger partial charge in [-0.25, -0.2) is 9.78 Å². The van der Waals surface area contributed by atoms with Gasteiger partial charge in [0.25, 0.3) is 0 Å². The van der Waals surface area contributed by atoms with E-state index in [2.05, 4.69) is 20.8 Å². The second kappa shape index (κ2) is 5.75. The Kier molecular flexibility index (Phi) is 3.88. The van der Waals surface area contributed by atoms with Crippen LogP contribution >= 0.6 is 0 Å². The Morgan fingerprint density at radius 3 is 2.38 bits per heavy atom. The van der Waals surface area contributed by atoms with Gasteiger partial charge in [0, 0.05) is 10.9 Å². The minimum absolute atomic E-state index is 0.0430. The lowest BCUT2D eigenvalue weighted by molar-refractivity contribution is 0.0699. The molecule has 0 atom stereocenters. The smallest absolute Gasteiger partial charge is 0.336 e. The predicted molar refractivity (Wildman–Crippen MR) is 97.6 cm³/mol. The van der Waals surface area contributed by atoms with Crippen molar-refractivity contribution in [1.82, 2.24) is 4.98 Å². The zero-order valence-electron chi connectivity index (χ0n) is 14.4. The fourth-order valence-electron chi connectivity index (χ4n) is 2.87. The van der Waals surface area contributed by atoms with Crippen LogP contribution in [0, 0.1) is 6.92 Å². The van der Waals surface area contributed by atoms with E-state index in [-0.39, 0.29) is 5.41 Å². The van der Waals surface area contributed by atoms with E-state index in [1.54, 1.807) is 6.07 Å². The summed E-state index contributed by atoms with van der Waals surface area (Å²) in [4.78, 5) is 16.5. The maximum atomic E-state index is 11.8. The quantitative estimate of drug-likeness (QED) is 0.705. The molecule has 2 aromatic carbocycles. The molecule has 0 aliphatic carbocycles. The van der Waals surface area contributed by atoms with E-state index in [9.17, 15) is 9.90 Å². The van der Waals surface area contributed by atoms with Gasteiger partial charge in [0.1, 0.15) is 0 Å². The van der Waals surface area contributed by atoms with Crippen LogP contribution in [-0.2, 0) is 5.41 Å². The van der Waals surface area contributed by atoms with Gasteiger partial charge in [-0.05, 0) is 41.7 Å². The first-order valence-corrected chi connectivity index (χ1v) is 8.02. The zero-order chi connectivity index (χ0) is 17.5. The van der Waals surface area contributed by atoms with Gasteiger partial charge in [-0.2, -0.15) is 0 Å². The van der Waals surface area contributed by atoms with Gasteiger partial charge in [0.15, 0.2) is 0 Å². The Labute approximate surface area is 142 Å². The lowest BCUT2D eigenvalue weighted by Gasteiger charge is -2.20. The molecule has 0 aliphatic heterocycles. The maximum Gasteiger partial charge on any atom is 0.336 e. The van der Waals surface area contributed by atoms with E-state index >= 15 is 0 Å². The number of hydrogen-bond acceptors (Lipinski definition) is 2. The molecule has 0 unspecified atom stereocenters. The van der Waals surface area contributed by atoms with Crippen LogP contribution in [0.15, 0.2) is 48.5 Å². The first-order chi connectivity index (χ1) is 11.3. The minimum atomic E-state index is -0.928. The fourth-order valence-corrected chi connectivity index (χ4v) is 2.87. The molecule has 0 saturated carbocycles. The first kappa shape index (κ1) is 16.2. The minimum Gasteiger partial charge on any atom is -0.478 e. The van der Waals surface area contributed by atoms with E-state index in [1.807, 2.05) is 49.4 Å². The average molecular weight is 319 g/mol. The van der Waals surface area contributed by atoms with Crippen molar-refractivity contribution < 1.29 is 9.90 Å². The Morgan fingerprint density at radius 1 is 1.04 bits per heavy atom. The third-order valence-corrected chi connectivity index (χ3v) is 4.33. The largest absolute Gasteiger partial charge is 0.478 e. The van der Waals surface area contributed by atoms with Crippen LogP contribution in [0.2, 0.25) is 0 Å². The number of aryl methyl sites for hydroxylation is 1. The van der Waals surface area contributed by atoms with Gasteiger partial charge in [0.2, 0.25) is 0 Å². The number of nitrogens with zero attached hydrogens (tertiary/aromatic N) is 1. The Morgan fingerprint density at radius 2 is 1.75 bits per heavy atom. The van der Waals surface area contributed by atoms with E-state index in [1.165, 1.54) is 0 Å². The second-order valence-electron chi connectivity index (χ2n) is 7.16. The van der Waals surface area contributed by atoms with Crippen LogP contribution in [0.3, 0.4) is 0 Å². The molecule has 1 N–H and O–H groups in total. The Balaban J connectivity index is 2.30. The summed E-state index contributed by atoms with van der Waals surface area (Å²) in [5, 5.41) is 10.4. The summed E-state index contributed by atoms with van der Waals surface area (Å²) in [6, 6.07) is 15.5. The molecular formula is C21H21NO2. The summed E-state index contributed by atoms with van der Waals surface area (Å²) in [6.07, 6.45) is 0. The summed E-state index contributed by atoms with van der Waals surface area (Å²) >= 11 is 0. The van der Waals surface area contributed by atoms with E-state index in [4.69, 9.17) is 4.98 Å². The van der Waals surface area contributed by atoms with Crippen molar-refractivity contribution in [1.29, 1.82) is 0 Å². The van der Waals surface area contributed by atoms with Crippen molar-refractivity contribution in [3.05, 3.63) is 65.2 Å². The zero-order valence-corrected chi connectivity index (χ0v) is 14.4. The highest BCUT2D eigenvalue weighted by atomic mass is 16.4. The van der Waals surface area contributed by atoms with Gasteiger partial charge < -0.3 is 5.11 Å². The number of carboxylic acid groups (broad SMARTS) is 1. The number of pyridine rings is 1. The molecule has 1 heterocycles. The fraction of sp³-hybridized carbons (Fsp3) is 0.238. The summed E-state index contributed by atoms with van der Waals surface area (Å²) in [5.74, 6) is -0.928. The molecule has 122 valence electrons. The number of aromatic carboxylic acids is 1. The van der Waals surface area contributed by atoms with Crippen molar-refractivity contribution in [3.63, 3.8) is 0 Å². The molecule has 3 nitrogen and oxygen atoms in total. The first-order valence-electron chi connectivity index (χ1n) is 8.02. The van der Waals surface area contributed by atoms with Crippen LogP contribution in [0.25, 0.3) is 22.2 Å². The van der Waals surface area contributed by atoms with Gasteiger partial charge in [-0.1, -0.05) is 51.1 Å². The van der Waals surface area contributed by atoms with Crippen LogP contribution in [0.1, 0.15) is 42.3 Å². The molecule has 0 radical (unpaired) electrons. The molecule has 3 rings (SSSR count). The lowest BCUT2D eigenvalue weighted by Crippen LogP contribution is -2.11. The highest BCUT2D eigenvalue weighted by Crippen LogP contribution is 2.30. The second-order valence-corrected chi connectivity index (χ2v) is 7.16. The third-order valence-electron chi connectivity index (χ3n) is 4.33. The molecule has 0 aliphatic rings. The summed E-state index contributed by atoms with van der Waals surface area (Å²) < 4.78 is 0. The average Bonchev–Trinajstić information content (AvgIpc) is 2.52. The third kappa shape index (κ3) is 2.90. The summed E-state index contributed by atoms with van der Waals surface area (Å²) in [6.45, 7) is 8.35. The molecule has 1 aromatic heterocycles. The van der Waals surface area contributed by atoms with Crippen molar-refractivity contribution in [3.8, 4) is 11.3 Å². The molecule has 0 spiro atoms. The molecule has 3 heteroatoms. The van der Waals surface area contributed by atoms with E-state index < -0.39 is 5.97 Å². The molecule has 0 amide bonds. The maximum absolute atomic E-state index is 11.8. The number of carbonyl (C=O) groups is 1. The number of hydrogen-bond donors (Lipinski definition) is 1. The van der Waals surface area contributed by atoms with Crippen molar-refractivity contribution in [2.24, 2.45) is 0 Å². The number of aromatic nitrogens is 1. The normalized spacial score (nSPS) is 11.7. The van der Waals surface area contributed by atoms with Crippen molar-refractivity contribution in [2.75, 3.05) is 0 Å². The predicted octanol–water partition coefficient (Wildman–Crippen LogP) is 5.21. The highest BCUT2D eigenvalue weighted by molar-refractivity contribution is 6.04. The van der Waals surface area contributed by atoms with Crippen molar-refractivity contribution in [2.45, 2.75) is 33.1 Å². The van der Waals surface area contributed by atoms with Gasteiger partial charge in [0.05, 0.1) is 16.8 Å². The topological polar surface area (TPSA) is 50.2 Å². The van der Waals surface area contributed by atoms with E-state index in [0.717, 1.165) is 16.7 Å². The van der Waals surface area contributed by atoms with E-state index in [0.29, 0.717) is 22.2 Å². The molecular weight excluding hydrogens is 298 g/mol. The lowest BCUT2D eigenvalue weighted by atomic mass is 9.86. The summed E-state index contributed by atoms with van der Waals surface area (Å²) in [7, 11) is 0. The van der Waals surface area contributed by atoms with Gasteiger partial charge in [-0.15, -0.1) is 0 Å². The van der Waals surface area contributed by atoms with Gasteiger partial charge in [-0.3, -0.25) is 0 Å². The molecule has 0 bridgehead atoms. The monoisotopic (exact) mass is 319 g/mol. The number of fused-ring (bicyclic) bond motifs is 1.